The van der Waals surface area contributed by atoms with Gasteiger partial charge in [0.2, 0.25) is 12.3 Å². The zero-order valence-corrected chi connectivity index (χ0v) is 17.7. The van der Waals surface area contributed by atoms with Crippen LogP contribution in [0.4, 0.5) is 5.69 Å². The molecule has 0 atom stereocenters. The van der Waals surface area contributed by atoms with E-state index in [0.29, 0.717) is 6.54 Å². The topological polar surface area (TPSA) is 24.2 Å². The molecule has 4 rings (SSSR count). The van der Waals surface area contributed by atoms with Gasteiger partial charge in [-0.25, -0.2) is 0 Å². The number of anilines is 1. The maximum atomic E-state index is 12.9. The first-order chi connectivity index (χ1) is 13.5. The molecular weight excluding hydrogens is 380 g/mol. The van der Waals surface area contributed by atoms with Crippen molar-refractivity contribution in [3.8, 4) is 11.1 Å². The number of aromatic nitrogens is 1. The van der Waals surface area contributed by atoms with E-state index < -0.39 is 0 Å². The number of likely N-dealkylation sites (N-methyl/N-ethyl adjacent to an activating group) is 1. The zero-order chi connectivity index (χ0) is 19.7. The third-order valence-corrected chi connectivity index (χ3v) is 5.54. The number of hydrogen-bond acceptors (Lipinski definition) is 2. The average Bonchev–Trinajstić information content (AvgIpc) is 2.90. The van der Waals surface area contributed by atoms with Crippen LogP contribution in [-0.4, -0.2) is 12.8 Å². The quantitative estimate of drug-likeness (QED) is 0.486. The first kappa shape index (κ1) is 20.8. The molecule has 29 heavy (non-hydrogen) atoms. The number of hydrogen-bond donors (Lipinski definition) is 0. The SMILES string of the molecule is CN1C(=CC(=O)C[n+]2cccc(-c3ccccc3)c2)C(C)(C)c2ccccc21.[Cl-]. The van der Waals surface area contributed by atoms with Crippen LogP contribution in [0.3, 0.4) is 0 Å². The van der Waals surface area contributed by atoms with Crippen LogP contribution in [0.5, 0.6) is 0 Å². The van der Waals surface area contributed by atoms with Gasteiger partial charge in [0.05, 0.1) is 0 Å². The Hall–Kier alpha value is -2.91. The highest BCUT2D eigenvalue weighted by Crippen LogP contribution is 2.46. The van der Waals surface area contributed by atoms with Crippen LogP contribution < -0.4 is 21.9 Å². The van der Waals surface area contributed by atoms with Gasteiger partial charge < -0.3 is 17.3 Å². The van der Waals surface area contributed by atoms with Crippen molar-refractivity contribution in [3.63, 3.8) is 0 Å². The first-order valence-corrected chi connectivity index (χ1v) is 9.59. The van der Waals surface area contributed by atoms with E-state index in [1.165, 1.54) is 11.3 Å². The van der Waals surface area contributed by atoms with Gasteiger partial charge in [-0.2, -0.15) is 4.57 Å². The highest BCUT2D eigenvalue weighted by molar-refractivity contribution is 5.91. The Labute approximate surface area is 178 Å². The molecule has 0 radical (unpaired) electrons. The van der Waals surface area contributed by atoms with Crippen LogP contribution in [0.15, 0.2) is 90.9 Å². The van der Waals surface area contributed by atoms with Crippen molar-refractivity contribution in [2.24, 2.45) is 0 Å². The molecule has 1 aliphatic rings. The standard InChI is InChI=1S/C25H25N2O.ClH/c1-25(2)22-13-7-8-14-23(22)26(3)24(25)16-21(28)18-27-15-9-12-20(17-27)19-10-5-4-6-11-19;/h4-17H,18H2,1-3H3;1H/q+1;/p-1. The van der Waals surface area contributed by atoms with Gasteiger partial charge in [0.1, 0.15) is 0 Å². The summed E-state index contributed by atoms with van der Waals surface area (Å²) in [5.74, 6) is 0.0953. The summed E-state index contributed by atoms with van der Waals surface area (Å²) in [6.45, 7) is 4.68. The van der Waals surface area contributed by atoms with Gasteiger partial charge in [-0.3, -0.25) is 4.79 Å². The molecule has 2 heterocycles. The smallest absolute Gasteiger partial charge is 0.222 e. The summed E-state index contributed by atoms with van der Waals surface area (Å²) in [7, 11) is 2.04. The minimum atomic E-state index is -0.183. The Morgan fingerprint density at radius 1 is 0.966 bits per heavy atom. The molecule has 0 unspecified atom stereocenters. The fourth-order valence-corrected chi connectivity index (χ4v) is 4.06. The fourth-order valence-electron chi connectivity index (χ4n) is 4.06. The molecule has 0 fully saturated rings. The summed E-state index contributed by atoms with van der Waals surface area (Å²) >= 11 is 0. The molecule has 0 saturated carbocycles. The Morgan fingerprint density at radius 2 is 1.62 bits per heavy atom. The van der Waals surface area contributed by atoms with Crippen molar-refractivity contribution < 1.29 is 21.8 Å². The molecule has 0 saturated heterocycles. The Balaban J connectivity index is 0.00000240. The summed E-state index contributed by atoms with van der Waals surface area (Å²) in [5, 5.41) is 0. The number of rotatable bonds is 4. The van der Waals surface area contributed by atoms with E-state index in [0.717, 1.165) is 16.8 Å². The summed E-state index contributed by atoms with van der Waals surface area (Å²) in [5.41, 5.74) is 5.54. The second-order valence-electron chi connectivity index (χ2n) is 7.83. The predicted octanol–water partition coefficient (Wildman–Crippen LogP) is 1.53. The van der Waals surface area contributed by atoms with E-state index >= 15 is 0 Å². The second-order valence-corrected chi connectivity index (χ2v) is 7.83. The monoisotopic (exact) mass is 404 g/mol. The maximum absolute atomic E-state index is 12.9. The van der Waals surface area contributed by atoms with Crippen molar-refractivity contribution in [1.82, 2.24) is 0 Å². The molecule has 0 aliphatic carbocycles. The molecular formula is C25H25ClN2O. The van der Waals surface area contributed by atoms with Gasteiger partial charge >= 0.3 is 0 Å². The van der Waals surface area contributed by atoms with Crippen molar-refractivity contribution in [1.29, 1.82) is 0 Å². The molecule has 148 valence electrons. The molecule has 4 heteroatoms. The van der Waals surface area contributed by atoms with Gasteiger partial charge in [-0.05, 0) is 23.3 Å². The highest BCUT2D eigenvalue weighted by atomic mass is 35.5. The highest BCUT2D eigenvalue weighted by Gasteiger charge is 2.38. The lowest BCUT2D eigenvalue weighted by Gasteiger charge is -2.23. The third-order valence-electron chi connectivity index (χ3n) is 5.54. The molecule has 1 aliphatic heterocycles. The number of allylic oxidation sites excluding steroid dienone is 2. The zero-order valence-electron chi connectivity index (χ0n) is 17.0. The number of nitrogens with zero attached hydrogens (tertiary/aromatic N) is 2. The van der Waals surface area contributed by atoms with Gasteiger partial charge in [0.25, 0.3) is 0 Å². The lowest BCUT2D eigenvalue weighted by Crippen LogP contribution is -3.00. The van der Waals surface area contributed by atoms with Crippen LogP contribution in [-0.2, 0) is 16.8 Å². The molecule has 3 nitrogen and oxygen atoms in total. The van der Waals surface area contributed by atoms with Crippen LogP contribution in [0.2, 0.25) is 0 Å². The minimum absolute atomic E-state index is 0. The molecule has 0 bridgehead atoms. The van der Waals surface area contributed by atoms with Crippen LogP contribution >= 0.6 is 0 Å². The van der Waals surface area contributed by atoms with Crippen molar-refractivity contribution >= 4 is 11.5 Å². The molecule has 3 aromatic rings. The Bertz CT molecular complexity index is 1060. The van der Waals surface area contributed by atoms with E-state index in [4.69, 9.17) is 0 Å². The molecule has 1 aromatic heterocycles. The third kappa shape index (κ3) is 3.96. The summed E-state index contributed by atoms with van der Waals surface area (Å²) in [6.07, 6.45) is 5.79. The predicted molar refractivity (Wildman–Crippen MR) is 113 cm³/mol. The number of carbonyl (C=O) groups excluding carboxylic acids is 1. The average molecular weight is 405 g/mol. The van der Waals surface area contributed by atoms with Gasteiger partial charge in [-0.1, -0.05) is 62.4 Å². The van der Waals surface area contributed by atoms with Gasteiger partial charge in [0, 0.05) is 41.6 Å². The number of para-hydroxylation sites is 1. The second kappa shape index (κ2) is 8.22. The van der Waals surface area contributed by atoms with Gasteiger partial charge in [0.15, 0.2) is 12.4 Å². The van der Waals surface area contributed by atoms with E-state index in [-0.39, 0.29) is 23.6 Å². The van der Waals surface area contributed by atoms with E-state index in [9.17, 15) is 4.79 Å². The number of fused-ring (bicyclic) bond motifs is 1. The van der Waals surface area contributed by atoms with Crippen LogP contribution in [0, 0.1) is 0 Å². The number of carbonyl (C=O) groups is 1. The van der Waals surface area contributed by atoms with Crippen LogP contribution in [0.25, 0.3) is 11.1 Å². The largest absolute Gasteiger partial charge is 1.00 e. The molecule has 0 amide bonds. The fraction of sp³-hybridized carbons (Fsp3) is 0.200. The maximum Gasteiger partial charge on any atom is 0.222 e. The first-order valence-electron chi connectivity index (χ1n) is 9.59. The van der Waals surface area contributed by atoms with Crippen molar-refractivity contribution in [2.75, 3.05) is 11.9 Å². The summed E-state index contributed by atoms with van der Waals surface area (Å²) in [4.78, 5) is 15.0. The van der Waals surface area contributed by atoms with E-state index in [1.54, 1.807) is 0 Å². The Morgan fingerprint density at radius 3 is 2.34 bits per heavy atom. The molecule has 2 aromatic carbocycles. The lowest BCUT2D eigenvalue weighted by molar-refractivity contribution is -0.683. The summed E-state index contributed by atoms with van der Waals surface area (Å²) < 4.78 is 1.96. The minimum Gasteiger partial charge on any atom is -1.00 e. The Kier molecular flexibility index (Phi) is 5.90. The molecule has 0 N–H and O–H groups in total. The normalized spacial score (nSPS) is 15.7. The lowest BCUT2D eigenvalue weighted by atomic mass is 9.83. The van der Waals surface area contributed by atoms with Crippen LogP contribution in [0.1, 0.15) is 19.4 Å². The van der Waals surface area contributed by atoms with Crippen molar-refractivity contribution in [3.05, 3.63) is 96.5 Å². The number of ketones is 1. The van der Waals surface area contributed by atoms with E-state index in [1.807, 2.05) is 60.4 Å². The number of benzene rings is 2. The molecule has 0 spiro atoms. The summed E-state index contributed by atoms with van der Waals surface area (Å²) in [6, 6.07) is 22.6. The number of halogens is 1. The van der Waals surface area contributed by atoms with E-state index in [2.05, 4.69) is 55.1 Å². The number of pyridine rings is 1. The van der Waals surface area contributed by atoms with Gasteiger partial charge in [-0.15, -0.1) is 0 Å². The van der Waals surface area contributed by atoms with Crippen molar-refractivity contribution in [2.45, 2.75) is 25.8 Å².